The highest BCUT2D eigenvalue weighted by Crippen LogP contribution is 2.22. The second kappa shape index (κ2) is 12.7. The molecule has 10 heteroatoms. The molecular formula is C19H31ClN6O2S. The van der Waals surface area contributed by atoms with Crippen molar-refractivity contribution >= 4 is 41.1 Å². The molecule has 8 nitrogen and oxygen atoms in total. The molecule has 0 aliphatic carbocycles. The van der Waals surface area contributed by atoms with Crippen LogP contribution in [0.2, 0.25) is 5.15 Å². The van der Waals surface area contributed by atoms with Gasteiger partial charge in [-0.2, -0.15) is 0 Å². The van der Waals surface area contributed by atoms with Crippen LogP contribution in [0.5, 0.6) is 0 Å². The SMILES string of the molecule is CCCCCNC(=O)CSc1nc(Cl)cc(N2CCN(C(=O)NCCC)CC2)n1. The second-order valence-corrected chi connectivity index (χ2v) is 8.21. The lowest BCUT2D eigenvalue weighted by Crippen LogP contribution is -2.52. The van der Waals surface area contributed by atoms with Crippen LogP contribution in [0.15, 0.2) is 11.2 Å². The fourth-order valence-electron chi connectivity index (χ4n) is 2.88. The zero-order valence-corrected chi connectivity index (χ0v) is 18.8. The Hall–Kier alpha value is -1.74. The molecule has 2 rings (SSSR count). The number of amides is 3. The van der Waals surface area contributed by atoms with E-state index < -0.39 is 0 Å². The van der Waals surface area contributed by atoms with E-state index in [4.69, 9.17) is 11.6 Å². The van der Waals surface area contributed by atoms with Crippen LogP contribution in [0, 0.1) is 0 Å². The van der Waals surface area contributed by atoms with Crippen LogP contribution in [-0.4, -0.2) is 71.8 Å². The van der Waals surface area contributed by atoms with Crippen molar-refractivity contribution in [2.75, 3.05) is 49.9 Å². The van der Waals surface area contributed by atoms with Gasteiger partial charge in [0.1, 0.15) is 11.0 Å². The highest BCUT2D eigenvalue weighted by Gasteiger charge is 2.22. The number of nitrogens with one attached hydrogen (secondary N) is 2. The lowest BCUT2D eigenvalue weighted by atomic mass is 10.2. The third kappa shape index (κ3) is 8.26. The maximum atomic E-state index is 12.1. The average molecular weight is 443 g/mol. The summed E-state index contributed by atoms with van der Waals surface area (Å²) >= 11 is 7.45. The second-order valence-electron chi connectivity index (χ2n) is 6.88. The molecule has 0 radical (unpaired) electrons. The molecule has 162 valence electrons. The summed E-state index contributed by atoms with van der Waals surface area (Å²) in [5, 5.41) is 6.65. The molecule has 2 N–H and O–H groups in total. The van der Waals surface area contributed by atoms with Crippen molar-refractivity contribution in [2.24, 2.45) is 0 Å². The van der Waals surface area contributed by atoms with Crippen LogP contribution in [0.4, 0.5) is 10.6 Å². The minimum Gasteiger partial charge on any atom is -0.355 e. The number of unbranched alkanes of at least 4 members (excludes halogenated alkanes) is 2. The molecule has 0 unspecified atom stereocenters. The molecule has 1 aliphatic rings. The Labute approximate surface area is 182 Å². The largest absolute Gasteiger partial charge is 0.355 e. The van der Waals surface area contributed by atoms with Crippen LogP contribution in [0.1, 0.15) is 39.5 Å². The van der Waals surface area contributed by atoms with E-state index in [1.54, 1.807) is 6.07 Å². The maximum Gasteiger partial charge on any atom is 0.317 e. The molecule has 1 aromatic rings. The zero-order valence-electron chi connectivity index (χ0n) is 17.2. The van der Waals surface area contributed by atoms with Gasteiger partial charge in [0, 0.05) is 45.3 Å². The van der Waals surface area contributed by atoms with Crippen LogP contribution in [0.25, 0.3) is 0 Å². The summed E-state index contributed by atoms with van der Waals surface area (Å²) in [5.74, 6) is 0.962. The Bertz CT molecular complexity index is 670. The first-order valence-corrected chi connectivity index (χ1v) is 11.6. The smallest absolute Gasteiger partial charge is 0.317 e. The van der Waals surface area contributed by atoms with E-state index in [1.807, 2.05) is 11.8 Å². The number of carbonyl (C=O) groups is 2. The average Bonchev–Trinajstić information content (AvgIpc) is 2.73. The lowest BCUT2D eigenvalue weighted by molar-refractivity contribution is -0.118. The van der Waals surface area contributed by atoms with Crippen LogP contribution in [0.3, 0.4) is 0 Å². The van der Waals surface area contributed by atoms with Gasteiger partial charge in [0.2, 0.25) is 5.91 Å². The van der Waals surface area contributed by atoms with Crippen LogP contribution >= 0.6 is 23.4 Å². The standard InChI is InChI=1S/C19H31ClN6O2S/c1-3-5-6-8-21-17(27)14-29-18-23-15(20)13-16(24-18)25-9-11-26(12-10-25)19(28)22-7-4-2/h13H,3-12,14H2,1-2H3,(H,21,27)(H,22,28). The van der Waals surface area contributed by atoms with Crippen molar-refractivity contribution in [1.29, 1.82) is 0 Å². The van der Waals surface area contributed by atoms with E-state index in [9.17, 15) is 9.59 Å². The molecule has 2 heterocycles. The summed E-state index contributed by atoms with van der Waals surface area (Å²) in [4.78, 5) is 36.7. The Kier molecular flexibility index (Phi) is 10.3. The zero-order chi connectivity index (χ0) is 21.1. The first-order chi connectivity index (χ1) is 14.0. The third-order valence-electron chi connectivity index (χ3n) is 4.51. The van der Waals surface area contributed by atoms with Gasteiger partial charge in [-0.25, -0.2) is 14.8 Å². The number of thioether (sulfide) groups is 1. The van der Waals surface area contributed by atoms with Gasteiger partial charge in [0.25, 0.3) is 0 Å². The number of piperazine rings is 1. The van der Waals surface area contributed by atoms with Crippen molar-refractivity contribution in [2.45, 2.75) is 44.7 Å². The quantitative estimate of drug-likeness (QED) is 0.250. The number of carbonyl (C=O) groups excluding carboxylic acids is 2. The number of hydrogen-bond acceptors (Lipinski definition) is 6. The highest BCUT2D eigenvalue weighted by molar-refractivity contribution is 7.99. The molecule has 0 aromatic carbocycles. The van der Waals surface area contributed by atoms with Gasteiger partial charge in [-0.05, 0) is 12.8 Å². The lowest BCUT2D eigenvalue weighted by Gasteiger charge is -2.35. The van der Waals surface area contributed by atoms with E-state index in [2.05, 4.69) is 32.4 Å². The first-order valence-electron chi connectivity index (χ1n) is 10.2. The Morgan fingerprint density at radius 2 is 1.83 bits per heavy atom. The number of nitrogens with zero attached hydrogens (tertiary/aromatic N) is 4. The van der Waals surface area contributed by atoms with Gasteiger partial charge in [-0.1, -0.05) is 50.1 Å². The maximum absolute atomic E-state index is 12.1. The fourth-order valence-corrected chi connectivity index (χ4v) is 3.79. The van der Waals surface area contributed by atoms with Gasteiger partial charge in [-0.3, -0.25) is 4.79 Å². The molecule has 1 aromatic heterocycles. The predicted octanol–water partition coefficient (Wildman–Crippen LogP) is 2.77. The van der Waals surface area contributed by atoms with E-state index in [0.717, 1.165) is 31.5 Å². The molecule has 0 saturated carbocycles. The van der Waals surface area contributed by atoms with E-state index >= 15 is 0 Å². The minimum atomic E-state index is -0.0251. The van der Waals surface area contributed by atoms with Crippen molar-refractivity contribution < 1.29 is 9.59 Å². The number of rotatable bonds is 10. The molecular weight excluding hydrogens is 412 g/mol. The Balaban J connectivity index is 1.84. The van der Waals surface area contributed by atoms with Crippen molar-refractivity contribution in [3.05, 3.63) is 11.2 Å². The monoisotopic (exact) mass is 442 g/mol. The molecule has 0 atom stereocenters. The van der Waals surface area contributed by atoms with Crippen LogP contribution in [-0.2, 0) is 4.79 Å². The van der Waals surface area contributed by atoms with Crippen LogP contribution < -0.4 is 15.5 Å². The van der Waals surface area contributed by atoms with E-state index in [1.165, 1.54) is 11.8 Å². The number of anilines is 1. The Morgan fingerprint density at radius 3 is 2.52 bits per heavy atom. The predicted molar refractivity (Wildman–Crippen MR) is 118 cm³/mol. The molecule has 1 fully saturated rings. The minimum absolute atomic E-state index is 0.0200. The topological polar surface area (TPSA) is 90.5 Å². The van der Waals surface area contributed by atoms with Crippen molar-refractivity contribution in [3.8, 4) is 0 Å². The summed E-state index contributed by atoms with van der Waals surface area (Å²) in [7, 11) is 0. The van der Waals surface area contributed by atoms with Gasteiger partial charge in [0.15, 0.2) is 5.16 Å². The molecule has 1 aliphatic heterocycles. The van der Waals surface area contributed by atoms with Gasteiger partial charge < -0.3 is 20.4 Å². The summed E-state index contributed by atoms with van der Waals surface area (Å²) in [6.07, 6.45) is 4.15. The molecule has 0 bridgehead atoms. The molecule has 29 heavy (non-hydrogen) atoms. The van der Waals surface area contributed by atoms with Gasteiger partial charge in [0.05, 0.1) is 5.75 Å². The Morgan fingerprint density at radius 1 is 1.07 bits per heavy atom. The fraction of sp³-hybridized carbons (Fsp3) is 0.684. The number of urea groups is 1. The third-order valence-corrected chi connectivity index (χ3v) is 5.55. The summed E-state index contributed by atoms with van der Waals surface area (Å²) in [6.45, 7) is 8.15. The first kappa shape index (κ1) is 23.5. The number of halogens is 1. The highest BCUT2D eigenvalue weighted by atomic mass is 35.5. The molecule has 1 saturated heterocycles. The summed E-state index contributed by atoms with van der Waals surface area (Å²) in [6, 6.07) is 1.71. The van der Waals surface area contributed by atoms with Crippen molar-refractivity contribution in [3.63, 3.8) is 0 Å². The van der Waals surface area contributed by atoms with E-state index in [-0.39, 0.29) is 17.7 Å². The molecule has 3 amide bonds. The van der Waals surface area contributed by atoms with Crippen molar-refractivity contribution in [1.82, 2.24) is 25.5 Å². The summed E-state index contributed by atoms with van der Waals surface area (Å²) < 4.78 is 0. The normalized spacial score (nSPS) is 14.0. The van der Waals surface area contributed by atoms with Gasteiger partial charge >= 0.3 is 6.03 Å². The van der Waals surface area contributed by atoms with E-state index in [0.29, 0.717) is 49.6 Å². The summed E-state index contributed by atoms with van der Waals surface area (Å²) in [5.41, 5.74) is 0. The number of hydrogen-bond donors (Lipinski definition) is 2. The molecule has 0 spiro atoms. The van der Waals surface area contributed by atoms with Gasteiger partial charge in [-0.15, -0.1) is 0 Å². The number of aromatic nitrogens is 2.